The monoisotopic (exact) mass is 826 g/mol. The highest BCUT2D eigenvalue weighted by atomic mass is 79.9. The van der Waals surface area contributed by atoms with E-state index in [4.69, 9.17) is 9.47 Å². The predicted molar refractivity (Wildman–Crippen MR) is 209 cm³/mol. The zero-order chi connectivity index (χ0) is 37.0. The van der Waals surface area contributed by atoms with Crippen LogP contribution in [0.4, 0.5) is 11.4 Å². The summed E-state index contributed by atoms with van der Waals surface area (Å²) in [6, 6.07) is 39.4. The minimum absolute atomic E-state index is 0.295. The van der Waals surface area contributed by atoms with Crippen molar-refractivity contribution in [2.75, 3.05) is 9.80 Å². The number of nitrogens with zero attached hydrogens (tertiary/aromatic N) is 2. The molecule has 0 N–H and O–H groups in total. The predicted octanol–water partition coefficient (Wildman–Crippen LogP) is 10.7. The second kappa shape index (κ2) is 13.3. The van der Waals surface area contributed by atoms with Crippen molar-refractivity contribution in [1.29, 1.82) is 0 Å². The highest BCUT2D eigenvalue weighted by molar-refractivity contribution is 9.10. The van der Waals surface area contributed by atoms with Crippen molar-refractivity contribution >= 4 is 66.9 Å². The van der Waals surface area contributed by atoms with Crippen LogP contribution in [-0.2, 0) is 5.41 Å². The number of carbonyl (C=O) groups is 4. The van der Waals surface area contributed by atoms with Crippen LogP contribution < -0.4 is 19.3 Å². The van der Waals surface area contributed by atoms with E-state index < -0.39 is 11.8 Å². The molecule has 2 aliphatic rings. The van der Waals surface area contributed by atoms with Crippen LogP contribution in [0.1, 0.15) is 66.4 Å². The first-order valence-electron chi connectivity index (χ1n) is 16.6. The van der Waals surface area contributed by atoms with E-state index in [9.17, 15) is 19.2 Å². The third-order valence-corrected chi connectivity index (χ3v) is 10.6. The van der Waals surface area contributed by atoms with Gasteiger partial charge in [-0.15, -0.1) is 0 Å². The van der Waals surface area contributed by atoms with Gasteiger partial charge in [-0.05, 0) is 120 Å². The molecule has 0 fully saturated rings. The molecule has 10 heteroatoms. The molecule has 8 rings (SSSR count). The van der Waals surface area contributed by atoms with E-state index in [0.717, 1.165) is 20.1 Å². The Morgan fingerprint density at radius 1 is 0.415 bits per heavy atom. The number of anilines is 2. The third-order valence-electron chi connectivity index (χ3n) is 9.51. The number of fused-ring (bicyclic) bond motifs is 2. The summed E-state index contributed by atoms with van der Waals surface area (Å²) in [7, 11) is 0. The summed E-state index contributed by atoms with van der Waals surface area (Å²) in [6.07, 6.45) is 0. The lowest BCUT2D eigenvalue weighted by atomic mass is 9.78. The minimum Gasteiger partial charge on any atom is -0.457 e. The van der Waals surface area contributed by atoms with E-state index in [1.165, 1.54) is 9.80 Å². The summed E-state index contributed by atoms with van der Waals surface area (Å²) < 4.78 is 13.9. The maximum Gasteiger partial charge on any atom is 0.266 e. The van der Waals surface area contributed by atoms with E-state index in [0.29, 0.717) is 56.6 Å². The molecule has 6 aromatic carbocycles. The standard InChI is InChI=1S/C43H28Br2N2O6/c1-43(2,25-3-15-31(16-4-25)52-33-19-21-35-37(23-33)41(50)46(39(35)48)29-11-7-27(44)8-12-29)26-5-17-32(18-6-26)53-34-20-22-36-38(24-34)42(51)47(40(36)49)30-13-9-28(45)10-14-30/h3-24H,1-2H3. The average Bonchev–Trinajstić information content (AvgIpc) is 3.55. The molecule has 0 aliphatic carbocycles. The molecule has 2 heterocycles. The molecule has 2 aliphatic heterocycles. The first-order chi connectivity index (χ1) is 25.5. The maximum absolute atomic E-state index is 13.2. The number of amides is 4. The number of hydrogen-bond acceptors (Lipinski definition) is 6. The summed E-state index contributed by atoms with van der Waals surface area (Å²) in [5.74, 6) is 0.549. The molecule has 0 aromatic heterocycles. The molecule has 4 amide bonds. The van der Waals surface area contributed by atoms with Crippen LogP contribution in [0.2, 0.25) is 0 Å². The Balaban J connectivity index is 0.935. The van der Waals surface area contributed by atoms with Crippen molar-refractivity contribution in [2.24, 2.45) is 0 Å². The van der Waals surface area contributed by atoms with Crippen molar-refractivity contribution in [3.63, 3.8) is 0 Å². The molecule has 53 heavy (non-hydrogen) atoms. The number of carbonyl (C=O) groups excluding carboxylic acids is 4. The first kappa shape index (κ1) is 34.3. The van der Waals surface area contributed by atoms with Crippen LogP contribution in [0.15, 0.2) is 142 Å². The van der Waals surface area contributed by atoms with E-state index in [-0.39, 0.29) is 17.2 Å². The lowest BCUT2D eigenvalue weighted by Crippen LogP contribution is -2.29. The number of imide groups is 2. The van der Waals surface area contributed by atoms with Gasteiger partial charge in [0.05, 0.1) is 33.6 Å². The molecule has 0 atom stereocenters. The molecule has 260 valence electrons. The molecular weight excluding hydrogens is 800 g/mol. The van der Waals surface area contributed by atoms with Crippen molar-refractivity contribution in [1.82, 2.24) is 0 Å². The van der Waals surface area contributed by atoms with Crippen molar-refractivity contribution in [3.05, 3.63) is 176 Å². The average molecular weight is 829 g/mol. The van der Waals surface area contributed by atoms with Crippen LogP contribution >= 0.6 is 31.9 Å². The van der Waals surface area contributed by atoms with Crippen molar-refractivity contribution in [2.45, 2.75) is 19.3 Å². The zero-order valence-corrected chi connectivity index (χ0v) is 31.5. The van der Waals surface area contributed by atoms with Gasteiger partial charge in [-0.25, -0.2) is 9.80 Å². The largest absolute Gasteiger partial charge is 0.457 e. The SMILES string of the molecule is CC(C)(c1ccc(Oc2ccc3c(c2)C(=O)N(c2ccc(Br)cc2)C3=O)cc1)c1ccc(Oc2ccc3c(c2)C(=O)N(c2ccc(Br)cc2)C3=O)cc1. The van der Waals surface area contributed by atoms with Crippen molar-refractivity contribution < 1.29 is 28.7 Å². The molecule has 0 unspecified atom stereocenters. The number of ether oxygens (including phenoxy) is 2. The molecule has 6 aromatic rings. The smallest absolute Gasteiger partial charge is 0.266 e. The Morgan fingerprint density at radius 2 is 0.736 bits per heavy atom. The summed E-state index contributed by atoms with van der Waals surface area (Å²) in [4.78, 5) is 54.9. The van der Waals surface area contributed by atoms with Gasteiger partial charge >= 0.3 is 0 Å². The van der Waals surface area contributed by atoms with Gasteiger partial charge in [0.25, 0.3) is 23.6 Å². The lowest BCUT2D eigenvalue weighted by Gasteiger charge is -2.26. The molecule has 0 saturated heterocycles. The quantitative estimate of drug-likeness (QED) is 0.142. The second-order valence-electron chi connectivity index (χ2n) is 13.1. The molecule has 0 radical (unpaired) electrons. The van der Waals surface area contributed by atoms with Crippen molar-refractivity contribution in [3.8, 4) is 23.0 Å². The normalized spacial score (nSPS) is 13.7. The Hall–Kier alpha value is -5.84. The molecule has 0 bridgehead atoms. The fourth-order valence-electron chi connectivity index (χ4n) is 6.53. The number of halogens is 2. The number of hydrogen-bond donors (Lipinski definition) is 0. The van der Waals surface area contributed by atoms with Crippen LogP contribution in [0.5, 0.6) is 23.0 Å². The number of benzene rings is 6. The van der Waals surface area contributed by atoms with Gasteiger partial charge in [-0.2, -0.15) is 0 Å². The fraction of sp³-hybridized carbons (Fsp3) is 0.0698. The topological polar surface area (TPSA) is 93.2 Å². The molecule has 0 saturated carbocycles. The zero-order valence-electron chi connectivity index (χ0n) is 28.3. The summed E-state index contributed by atoms with van der Waals surface area (Å²) >= 11 is 6.77. The Kier molecular flexibility index (Phi) is 8.59. The number of rotatable bonds is 8. The minimum atomic E-state index is -0.394. The van der Waals surface area contributed by atoms with Gasteiger partial charge < -0.3 is 9.47 Å². The summed E-state index contributed by atoms with van der Waals surface area (Å²) in [5.41, 5.74) is 4.00. The summed E-state index contributed by atoms with van der Waals surface area (Å²) in [6.45, 7) is 4.25. The fourth-order valence-corrected chi connectivity index (χ4v) is 7.06. The molecular formula is C43H28Br2N2O6. The van der Waals surface area contributed by atoms with Gasteiger partial charge in [0.15, 0.2) is 0 Å². The van der Waals surface area contributed by atoms with Crippen LogP contribution in [-0.4, -0.2) is 23.6 Å². The van der Waals surface area contributed by atoms with E-state index in [2.05, 4.69) is 45.7 Å². The highest BCUT2D eigenvalue weighted by Gasteiger charge is 2.38. The van der Waals surface area contributed by atoms with E-state index in [1.54, 1.807) is 84.9 Å². The van der Waals surface area contributed by atoms with Crippen LogP contribution in [0, 0.1) is 0 Å². The highest BCUT2D eigenvalue weighted by Crippen LogP contribution is 2.37. The Labute approximate surface area is 321 Å². The van der Waals surface area contributed by atoms with Gasteiger partial charge in [-0.3, -0.25) is 19.2 Å². The van der Waals surface area contributed by atoms with Gasteiger partial charge in [0.1, 0.15) is 23.0 Å². The Bertz CT molecular complexity index is 2290. The van der Waals surface area contributed by atoms with Gasteiger partial charge in [0.2, 0.25) is 0 Å². The van der Waals surface area contributed by atoms with Crippen LogP contribution in [0.3, 0.4) is 0 Å². The van der Waals surface area contributed by atoms with E-state index >= 15 is 0 Å². The second-order valence-corrected chi connectivity index (χ2v) is 15.0. The third kappa shape index (κ3) is 6.23. The van der Waals surface area contributed by atoms with Gasteiger partial charge in [-0.1, -0.05) is 70.0 Å². The lowest BCUT2D eigenvalue weighted by molar-refractivity contribution is 0.0910. The van der Waals surface area contributed by atoms with Crippen LogP contribution in [0.25, 0.3) is 0 Å². The molecule has 0 spiro atoms. The maximum atomic E-state index is 13.2. The first-order valence-corrected chi connectivity index (χ1v) is 18.2. The summed E-state index contributed by atoms with van der Waals surface area (Å²) in [5, 5.41) is 0. The van der Waals surface area contributed by atoms with E-state index in [1.807, 2.05) is 48.5 Å². The molecule has 8 nitrogen and oxygen atoms in total. The Morgan fingerprint density at radius 3 is 1.09 bits per heavy atom. The van der Waals surface area contributed by atoms with Gasteiger partial charge in [0, 0.05) is 14.4 Å².